The molecule has 1 aromatic rings. The quantitative estimate of drug-likeness (QED) is 0.738. The molecule has 0 aliphatic carbocycles. The molecule has 1 atom stereocenters. The van der Waals surface area contributed by atoms with Crippen LogP contribution in [0.25, 0.3) is 0 Å². The first-order valence-electron chi connectivity index (χ1n) is 9.22. The standard InChI is InChI=1S/C17H29N5O3/c1-3-24-13-16(23)22-6-4-5-14(11-22)17-19-18-15(20(17)2)12-21-7-9-25-10-8-21/h14H,3-13H2,1-2H3. The Kier molecular flexibility index (Phi) is 6.39. The molecular weight excluding hydrogens is 322 g/mol. The topological polar surface area (TPSA) is 72.7 Å². The number of carbonyl (C=O) groups is 1. The van der Waals surface area contributed by atoms with E-state index >= 15 is 0 Å². The first kappa shape index (κ1) is 18.3. The van der Waals surface area contributed by atoms with E-state index in [2.05, 4.69) is 19.7 Å². The summed E-state index contributed by atoms with van der Waals surface area (Å²) in [6.07, 6.45) is 2.04. The zero-order chi connectivity index (χ0) is 17.6. The van der Waals surface area contributed by atoms with E-state index in [0.717, 1.165) is 63.9 Å². The number of carbonyl (C=O) groups excluding carboxylic acids is 1. The Hall–Kier alpha value is -1.51. The lowest BCUT2D eigenvalue weighted by Crippen LogP contribution is -2.41. The molecule has 1 unspecified atom stereocenters. The third kappa shape index (κ3) is 4.56. The van der Waals surface area contributed by atoms with Crippen LogP contribution in [0.4, 0.5) is 0 Å². The highest BCUT2D eigenvalue weighted by Gasteiger charge is 2.28. The van der Waals surface area contributed by atoms with Gasteiger partial charge in [-0.2, -0.15) is 0 Å². The number of aromatic nitrogens is 3. The van der Waals surface area contributed by atoms with Crippen molar-refractivity contribution < 1.29 is 14.3 Å². The molecule has 8 nitrogen and oxygen atoms in total. The maximum atomic E-state index is 12.2. The molecule has 1 amide bonds. The van der Waals surface area contributed by atoms with E-state index in [1.54, 1.807) is 0 Å². The largest absolute Gasteiger partial charge is 0.379 e. The molecule has 0 spiro atoms. The van der Waals surface area contributed by atoms with Crippen LogP contribution in [0.2, 0.25) is 0 Å². The molecule has 3 rings (SSSR count). The Bertz CT molecular complexity index is 571. The second-order valence-electron chi connectivity index (χ2n) is 6.74. The van der Waals surface area contributed by atoms with Gasteiger partial charge in [0.15, 0.2) is 0 Å². The number of morpholine rings is 1. The van der Waals surface area contributed by atoms with Gasteiger partial charge in [-0.05, 0) is 19.8 Å². The molecule has 8 heteroatoms. The minimum Gasteiger partial charge on any atom is -0.379 e. The third-order valence-electron chi connectivity index (χ3n) is 5.04. The molecule has 2 aliphatic rings. The van der Waals surface area contributed by atoms with E-state index in [9.17, 15) is 4.79 Å². The average Bonchev–Trinajstić information content (AvgIpc) is 3.01. The number of amides is 1. The fourth-order valence-corrected chi connectivity index (χ4v) is 3.52. The molecule has 0 aromatic carbocycles. The van der Waals surface area contributed by atoms with Gasteiger partial charge in [-0.3, -0.25) is 9.69 Å². The highest BCUT2D eigenvalue weighted by atomic mass is 16.5. The Labute approximate surface area is 149 Å². The smallest absolute Gasteiger partial charge is 0.248 e. The zero-order valence-electron chi connectivity index (χ0n) is 15.3. The van der Waals surface area contributed by atoms with Crippen LogP contribution in [-0.2, 0) is 27.9 Å². The molecule has 0 radical (unpaired) electrons. The predicted molar refractivity (Wildman–Crippen MR) is 92.1 cm³/mol. The fraction of sp³-hybridized carbons (Fsp3) is 0.824. The van der Waals surface area contributed by atoms with Gasteiger partial charge >= 0.3 is 0 Å². The third-order valence-corrected chi connectivity index (χ3v) is 5.04. The number of hydrogen-bond acceptors (Lipinski definition) is 6. The Balaban J connectivity index is 1.62. The Morgan fingerprint density at radius 2 is 2.08 bits per heavy atom. The van der Waals surface area contributed by atoms with Crippen LogP contribution in [0, 0.1) is 0 Å². The van der Waals surface area contributed by atoms with Crippen LogP contribution >= 0.6 is 0 Å². The SMILES string of the molecule is CCOCC(=O)N1CCCC(c2nnc(CN3CCOCC3)n2C)C1. The van der Waals surface area contributed by atoms with Crippen molar-refractivity contribution >= 4 is 5.91 Å². The van der Waals surface area contributed by atoms with Gasteiger partial charge in [-0.1, -0.05) is 0 Å². The van der Waals surface area contributed by atoms with Gasteiger partial charge in [0, 0.05) is 45.8 Å². The summed E-state index contributed by atoms with van der Waals surface area (Å²) in [4.78, 5) is 16.5. The van der Waals surface area contributed by atoms with Crippen molar-refractivity contribution in [2.24, 2.45) is 7.05 Å². The molecule has 0 saturated carbocycles. The highest BCUT2D eigenvalue weighted by Crippen LogP contribution is 2.26. The van der Waals surface area contributed by atoms with Crippen molar-refractivity contribution in [3.63, 3.8) is 0 Å². The Morgan fingerprint density at radius 3 is 2.84 bits per heavy atom. The minimum absolute atomic E-state index is 0.0715. The lowest BCUT2D eigenvalue weighted by atomic mass is 9.97. The molecule has 1 aromatic heterocycles. The normalized spacial score (nSPS) is 22.3. The second kappa shape index (κ2) is 8.73. The lowest BCUT2D eigenvalue weighted by molar-refractivity contribution is -0.137. The van der Waals surface area contributed by atoms with Gasteiger partial charge < -0.3 is 18.9 Å². The summed E-state index contributed by atoms with van der Waals surface area (Å²) >= 11 is 0. The molecule has 3 heterocycles. The first-order valence-corrected chi connectivity index (χ1v) is 9.22. The van der Waals surface area contributed by atoms with Gasteiger partial charge in [0.05, 0.1) is 19.8 Å². The number of piperidine rings is 1. The average molecular weight is 351 g/mol. The van der Waals surface area contributed by atoms with Crippen LogP contribution in [0.3, 0.4) is 0 Å². The van der Waals surface area contributed by atoms with E-state index in [4.69, 9.17) is 9.47 Å². The van der Waals surface area contributed by atoms with Crippen LogP contribution in [0.5, 0.6) is 0 Å². The number of nitrogens with zero attached hydrogens (tertiary/aromatic N) is 5. The fourth-order valence-electron chi connectivity index (χ4n) is 3.52. The molecule has 0 bridgehead atoms. The monoisotopic (exact) mass is 351 g/mol. The molecular formula is C17H29N5O3. The number of rotatable bonds is 6. The molecule has 2 aliphatic heterocycles. The first-order chi connectivity index (χ1) is 12.2. The molecule has 25 heavy (non-hydrogen) atoms. The van der Waals surface area contributed by atoms with E-state index in [1.165, 1.54) is 0 Å². The molecule has 2 fully saturated rings. The van der Waals surface area contributed by atoms with E-state index < -0.39 is 0 Å². The molecule has 0 N–H and O–H groups in total. The maximum absolute atomic E-state index is 12.2. The van der Waals surface area contributed by atoms with Gasteiger partial charge in [-0.25, -0.2) is 0 Å². The van der Waals surface area contributed by atoms with E-state index in [1.807, 2.05) is 18.9 Å². The van der Waals surface area contributed by atoms with Gasteiger partial charge in [0.25, 0.3) is 0 Å². The van der Waals surface area contributed by atoms with E-state index in [-0.39, 0.29) is 18.4 Å². The van der Waals surface area contributed by atoms with E-state index in [0.29, 0.717) is 13.2 Å². The summed E-state index contributed by atoms with van der Waals surface area (Å²) in [5.41, 5.74) is 0. The summed E-state index contributed by atoms with van der Waals surface area (Å²) in [5.74, 6) is 2.28. The van der Waals surface area contributed by atoms with Gasteiger partial charge in [0.1, 0.15) is 18.3 Å². The highest BCUT2D eigenvalue weighted by molar-refractivity contribution is 5.77. The summed E-state index contributed by atoms with van der Waals surface area (Å²) < 4.78 is 12.8. The number of ether oxygens (including phenoxy) is 2. The van der Waals surface area contributed by atoms with Crippen molar-refractivity contribution in [2.75, 3.05) is 52.6 Å². The maximum Gasteiger partial charge on any atom is 0.248 e. The summed E-state index contributed by atoms with van der Waals surface area (Å²) in [6, 6.07) is 0. The molecule has 140 valence electrons. The van der Waals surface area contributed by atoms with Gasteiger partial charge in [0.2, 0.25) is 5.91 Å². The van der Waals surface area contributed by atoms with Crippen molar-refractivity contribution in [3.8, 4) is 0 Å². The summed E-state index contributed by atoms with van der Waals surface area (Å²) in [5, 5.41) is 8.85. The number of likely N-dealkylation sites (tertiary alicyclic amines) is 1. The predicted octanol–water partition coefficient (Wildman–Crippen LogP) is 0.390. The van der Waals surface area contributed by atoms with Crippen molar-refractivity contribution in [1.29, 1.82) is 0 Å². The van der Waals surface area contributed by atoms with Crippen LogP contribution in [0.1, 0.15) is 37.3 Å². The Morgan fingerprint density at radius 1 is 1.28 bits per heavy atom. The molecule has 2 saturated heterocycles. The summed E-state index contributed by atoms with van der Waals surface area (Å²) in [6.45, 7) is 8.39. The lowest BCUT2D eigenvalue weighted by Gasteiger charge is -2.32. The second-order valence-corrected chi connectivity index (χ2v) is 6.74. The minimum atomic E-state index is 0.0715. The summed E-state index contributed by atoms with van der Waals surface area (Å²) in [7, 11) is 2.03. The van der Waals surface area contributed by atoms with Crippen LogP contribution in [0.15, 0.2) is 0 Å². The zero-order valence-corrected chi connectivity index (χ0v) is 15.3. The van der Waals surface area contributed by atoms with Crippen molar-refractivity contribution in [3.05, 3.63) is 11.6 Å². The number of hydrogen-bond donors (Lipinski definition) is 0. The van der Waals surface area contributed by atoms with Crippen LogP contribution < -0.4 is 0 Å². The van der Waals surface area contributed by atoms with Gasteiger partial charge in [-0.15, -0.1) is 10.2 Å². The van der Waals surface area contributed by atoms with Crippen molar-refractivity contribution in [2.45, 2.75) is 32.2 Å². The van der Waals surface area contributed by atoms with Crippen LogP contribution in [-0.4, -0.2) is 83.1 Å². The van der Waals surface area contributed by atoms with Crippen molar-refractivity contribution in [1.82, 2.24) is 24.6 Å².